The van der Waals surface area contributed by atoms with E-state index in [4.69, 9.17) is 0 Å². The Balaban J connectivity index is 2.14. The molecule has 1 aliphatic heterocycles. The molecule has 0 aromatic carbocycles. The lowest BCUT2D eigenvalue weighted by atomic mass is 9.91. The molecule has 0 spiro atoms. The molecule has 102 valence electrons. The van der Waals surface area contributed by atoms with E-state index in [1.54, 1.807) is 4.90 Å². The van der Waals surface area contributed by atoms with Crippen molar-refractivity contribution in [2.75, 3.05) is 6.54 Å². The molecule has 2 atom stereocenters. The zero-order chi connectivity index (χ0) is 13.3. The monoisotopic (exact) mass is 252 g/mol. The highest BCUT2D eigenvalue weighted by Crippen LogP contribution is 2.29. The van der Waals surface area contributed by atoms with Gasteiger partial charge in [-0.25, -0.2) is 0 Å². The molecule has 1 aliphatic carbocycles. The van der Waals surface area contributed by atoms with E-state index in [9.17, 15) is 9.59 Å². The Morgan fingerprint density at radius 3 is 2.50 bits per heavy atom. The van der Waals surface area contributed by atoms with Crippen molar-refractivity contribution >= 4 is 11.8 Å². The Morgan fingerprint density at radius 1 is 1.33 bits per heavy atom. The highest BCUT2D eigenvalue weighted by atomic mass is 16.2. The van der Waals surface area contributed by atoms with Crippen LogP contribution < -0.4 is 5.32 Å². The molecule has 2 rings (SSSR count). The molecule has 0 aromatic rings. The van der Waals surface area contributed by atoms with Crippen molar-refractivity contribution in [2.24, 2.45) is 5.92 Å². The quantitative estimate of drug-likeness (QED) is 0.831. The van der Waals surface area contributed by atoms with Gasteiger partial charge in [-0.3, -0.25) is 9.59 Å². The third-order valence-electron chi connectivity index (χ3n) is 4.62. The van der Waals surface area contributed by atoms with Gasteiger partial charge in [0.1, 0.15) is 11.6 Å². The molecule has 1 heterocycles. The van der Waals surface area contributed by atoms with Gasteiger partial charge in [-0.05, 0) is 39.0 Å². The molecule has 18 heavy (non-hydrogen) atoms. The summed E-state index contributed by atoms with van der Waals surface area (Å²) in [5, 5.41) is 2.87. The van der Waals surface area contributed by atoms with Crippen LogP contribution in [0.4, 0.5) is 0 Å². The van der Waals surface area contributed by atoms with Crippen LogP contribution in [0.1, 0.15) is 52.9 Å². The number of hydrogen-bond donors (Lipinski definition) is 1. The van der Waals surface area contributed by atoms with Gasteiger partial charge in [0.25, 0.3) is 0 Å². The van der Waals surface area contributed by atoms with E-state index in [1.807, 2.05) is 20.8 Å². The molecule has 0 aromatic heterocycles. The molecule has 0 radical (unpaired) electrons. The van der Waals surface area contributed by atoms with E-state index in [1.165, 1.54) is 25.7 Å². The van der Waals surface area contributed by atoms with Crippen molar-refractivity contribution in [3.63, 3.8) is 0 Å². The van der Waals surface area contributed by atoms with Gasteiger partial charge in [0, 0.05) is 6.54 Å². The van der Waals surface area contributed by atoms with E-state index in [0.29, 0.717) is 12.3 Å². The van der Waals surface area contributed by atoms with Gasteiger partial charge in [0.05, 0.1) is 0 Å². The SMILES string of the molecule is CCC1(C)NC(=O)C(C)N(CC2CCCC2)C1=O. The topological polar surface area (TPSA) is 49.4 Å². The van der Waals surface area contributed by atoms with E-state index in [2.05, 4.69) is 5.32 Å². The van der Waals surface area contributed by atoms with Gasteiger partial charge >= 0.3 is 0 Å². The Bertz CT molecular complexity index is 350. The predicted octanol–water partition coefficient (Wildman–Crippen LogP) is 1.69. The third kappa shape index (κ3) is 2.25. The smallest absolute Gasteiger partial charge is 0.248 e. The molecule has 1 saturated carbocycles. The second-order valence-corrected chi connectivity index (χ2v) is 5.96. The molecule has 1 N–H and O–H groups in total. The molecular formula is C14H24N2O2. The third-order valence-corrected chi connectivity index (χ3v) is 4.62. The van der Waals surface area contributed by atoms with Crippen LogP contribution in [0.5, 0.6) is 0 Å². The highest BCUT2D eigenvalue weighted by molar-refractivity contribution is 5.99. The first-order valence-corrected chi connectivity index (χ1v) is 7.11. The van der Waals surface area contributed by atoms with E-state index >= 15 is 0 Å². The summed E-state index contributed by atoms with van der Waals surface area (Å²) < 4.78 is 0. The summed E-state index contributed by atoms with van der Waals surface area (Å²) in [5.41, 5.74) is -0.706. The maximum absolute atomic E-state index is 12.5. The maximum Gasteiger partial charge on any atom is 0.248 e. The van der Waals surface area contributed by atoms with Crippen molar-refractivity contribution in [1.82, 2.24) is 10.2 Å². The zero-order valence-corrected chi connectivity index (χ0v) is 11.7. The lowest BCUT2D eigenvalue weighted by Gasteiger charge is -2.43. The number of carbonyl (C=O) groups excluding carboxylic acids is 2. The van der Waals surface area contributed by atoms with Gasteiger partial charge in [-0.15, -0.1) is 0 Å². The van der Waals surface area contributed by atoms with Gasteiger partial charge in [-0.1, -0.05) is 19.8 Å². The highest BCUT2D eigenvalue weighted by Gasteiger charge is 2.45. The fourth-order valence-electron chi connectivity index (χ4n) is 3.02. The molecule has 2 aliphatic rings. The van der Waals surface area contributed by atoms with Crippen LogP contribution in [0.3, 0.4) is 0 Å². The molecule has 2 unspecified atom stereocenters. The van der Waals surface area contributed by atoms with Crippen molar-refractivity contribution in [2.45, 2.75) is 64.5 Å². The molecule has 0 bridgehead atoms. The normalized spacial score (nSPS) is 33.9. The molecule has 2 amide bonds. The van der Waals surface area contributed by atoms with Gasteiger partial charge in [0.15, 0.2) is 0 Å². The number of carbonyl (C=O) groups is 2. The number of rotatable bonds is 3. The van der Waals surface area contributed by atoms with Crippen LogP contribution in [-0.2, 0) is 9.59 Å². The minimum absolute atomic E-state index is 0.0167. The standard InChI is InChI=1S/C14H24N2O2/c1-4-14(3)13(18)16(10(2)12(17)15-14)9-11-7-5-6-8-11/h10-11H,4-9H2,1-3H3,(H,15,17). The Hall–Kier alpha value is -1.06. The molecule has 2 fully saturated rings. The predicted molar refractivity (Wildman–Crippen MR) is 70.0 cm³/mol. The van der Waals surface area contributed by atoms with Crippen LogP contribution in [0.15, 0.2) is 0 Å². The molecule has 1 saturated heterocycles. The Kier molecular flexibility index (Phi) is 3.64. The largest absolute Gasteiger partial charge is 0.340 e. The fourth-order valence-corrected chi connectivity index (χ4v) is 3.02. The van der Waals surface area contributed by atoms with Gasteiger partial charge in [-0.2, -0.15) is 0 Å². The van der Waals surface area contributed by atoms with Gasteiger partial charge < -0.3 is 10.2 Å². The van der Waals surface area contributed by atoms with Crippen molar-refractivity contribution < 1.29 is 9.59 Å². The first-order chi connectivity index (χ1) is 8.48. The summed E-state index contributed by atoms with van der Waals surface area (Å²) in [4.78, 5) is 26.3. The molecule has 4 heteroatoms. The van der Waals surface area contributed by atoms with Crippen LogP contribution in [0.2, 0.25) is 0 Å². The summed E-state index contributed by atoms with van der Waals surface area (Å²) >= 11 is 0. The average Bonchev–Trinajstić information content (AvgIpc) is 2.85. The average molecular weight is 252 g/mol. The van der Waals surface area contributed by atoms with Crippen molar-refractivity contribution in [3.05, 3.63) is 0 Å². The summed E-state index contributed by atoms with van der Waals surface area (Å²) in [6.45, 7) is 6.36. The molecule has 4 nitrogen and oxygen atoms in total. The van der Waals surface area contributed by atoms with E-state index in [-0.39, 0.29) is 17.9 Å². The number of amides is 2. The first kappa shape index (κ1) is 13.4. The van der Waals surface area contributed by atoms with Crippen molar-refractivity contribution in [3.8, 4) is 0 Å². The summed E-state index contributed by atoms with van der Waals surface area (Å²) in [6, 6.07) is -0.322. The summed E-state index contributed by atoms with van der Waals surface area (Å²) in [7, 11) is 0. The second kappa shape index (κ2) is 4.90. The van der Waals surface area contributed by atoms with Crippen LogP contribution in [-0.4, -0.2) is 34.8 Å². The van der Waals surface area contributed by atoms with Crippen LogP contribution in [0, 0.1) is 5.92 Å². The number of nitrogens with one attached hydrogen (secondary N) is 1. The lowest BCUT2D eigenvalue weighted by molar-refractivity contribution is -0.154. The van der Waals surface area contributed by atoms with E-state index < -0.39 is 5.54 Å². The summed E-state index contributed by atoms with van der Waals surface area (Å²) in [6.07, 6.45) is 5.56. The fraction of sp³-hybridized carbons (Fsp3) is 0.857. The minimum Gasteiger partial charge on any atom is -0.340 e. The summed E-state index contributed by atoms with van der Waals surface area (Å²) in [5.74, 6) is 0.657. The van der Waals surface area contributed by atoms with Crippen LogP contribution in [0.25, 0.3) is 0 Å². The van der Waals surface area contributed by atoms with Gasteiger partial charge in [0.2, 0.25) is 11.8 Å². The number of piperazine rings is 1. The zero-order valence-electron chi connectivity index (χ0n) is 11.7. The number of nitrogens with zero attached hydrogens (tertiary/aromatic N) is 1. The Labute approximate surface area is 109 Å². The maximum atomic E-state index is 12.5. The van der Waals surface area contributed by atoms with Crippen molar-refractivity contribution in [1.29, 1.82) is 0 Å². The Morgan fingerprint density at radius 2 is 1.94 bits per heavy atom. The molecular weight excluding hydrogens is 228 g/mol. The van der Waals surface area contributed by atoms with Crippen LogP contribution >= 0.6 is 0 Å². The lowest BCUT2D eigenvalue weighted by Crippen LogP contribution is -2.68. The minimum atomic E-state index is -0.706. The van der Waals surface area contributed by atoms with E-state index in [0.717, 1.165) is 6.54 Å². The first-order valence-electron chi connectivity index (χ1n) is 7.11. The second-order valence-electron chi connectivity index (χ2n) is 5.96. The number of hydrogen-bond acceptors (Lipinski definition) is 2.